The molecule has 9 nitrogen and oxygen atoms in total. The fourth-order valence-electron chi connectivity index (χ4n) is 7.56. The van der Waals surface area contributed by atoms with Gasteiger partial charge in [0.05, 0.1) is 45.9 Å². The van der Waals surface area contributed by atoms with Gasteiger partial charge in [-0.3, -0.25) is 24.2 Å². The molecule has 0 saturated carbocycles. The number of pyridine rings is 2. The SMILES string of the molecule is C=CC(=O)N1CC2CN(C)c3c(c4cc(F)c(-c5c(C)ccc6[nH]ncc56)c(F)c4n(-c4c(C)ccnc4C(C)C)c3=O)N2CC1C. The Morgan fingerprint density at radius 2 is 1.81 bits per heavy atom. The van der Waals surface area contributed by atoms with Crippen LogP contribution in [0.1, 0.15) is 43.5 Å². The lowest BCUT2D eigenvalue weighted by atomic mass is 9.92. The third kappa shape index (κ3) is 4.46. The number of nitrogens with zero attached hydrogens (tertiary/aromatic N) is 6. The first kappa shape index (κ1) is 30.6. The molecule has 7 rings (SSSR count). The van der Waals surface area contributed by atoms with Crippen molar-refractivity contribution < 1.29 is 13.6 Å². The second kappa shape index (κ2) is 11.0. The Balaban J connectivity index is 1.63. The Kier molecular flexibility index (Phi) is 7.18. The van der Waals surface area contributed by atoms with Gasteiger partial charge in [-0.05, 0) is 62.1 Å². The first-order chi connectivity index (χ1) is 22.4. The summed E-state index contributed by atoms with van der Waals surface area (Å²) in [6.45, 7) is 14.4. The van der Waals surface area contributed by atoms with Crippen molar-refractivity contribution in [2.24, 2.45) is 0 Å². The van der Waals surface area contributed by atoms with E-state index >= 15 is 8.78 Å². The van der Waals surface area contributed by atoms with Gasteiger partial charge in [-0.1, -0.05) is 26.5 Å². The summed E-state index contributed by atoms with van der Waals surface area (Å²) in [6.07, 6.45) is 4.55. The van der Waals surface area contributed by atoms with E-state index in [0.29, 0.717) is 64.4 Å². The number of fused-ring (bicyclic) bond motifs is 6. The molecule has 0 aliphatic carbocycles. The van der Waals surface area contributed by atoms with E-state index in [1.54, 1.807) is 36.4 Å². The van der Waals surface area contributed by atoms with Crippen LogP contribution in [-0.4, -0.2) is 69.3 Å². The number of hydrogen-bond donors (Lipinski definition) is 1. The average molecular weight is 638 g/mol. The summed E-state index contributed by atoms with van der Waals surface area (Å²) >= 11 is 0. The zero-order chi connectivity index (χ0) is 33.5. The molecule has 2 aliphatic rings. The molecule has 1 amide bonds. The number of aromatic amines is 1. The van der Waals surface area contributed by atoms with E-state index in [-0.39, 0.29) is 40.4 Å². The predicted octanol–water partition coefficient (Wildman–Crippen LogP) is 5.99. The molecule has 11 heteroatoms. The van der Waals surface area contributed by atoms with Crippen LogP contribution in [0.5, 0.6) is 0 Å². The van der Waals surface area contributed by atoms with Crippen molar-refractivity contribution in [2.75, 3.05) is 36.5 Å². The number of aryl methyl sites for hydroxylation is 2. The number of H-pyrrole nitrogens is 1. The van der Waals surface area contributed by atoms with E-state index in [1.165, 1.54) is 16.7 Å². The van der Waals surface area contributed by atoms with E-state index in [1.807, 2.05) is 45.7 Å². The number of amides is 1. The van der Waals surface area contributed by atoms with Gasteiger partial charge in [0, 0.05) is 55.3 Å². The fraction of sp³-hybridized carbons (Fsp3) is 0.333. The molecule has 1 N–H and O–H groups in total. The van der Waals surface area contributed by atoms with Crippen molar-refractivity contribution in [3.63, 3.8) is 0 Å². The molecule has 2 aliphatic heterocycles. The maximum Gasteiger partial charge on any atom is 0.281 e. The first-order valence-corrected chi connectivity index (χ1v) is 15.8. The summed E-state index contributed by atoms with van der Waals surface area (Å²) in [6, 6.07) is 6.34. The third-order valence-corrected chi connectivity index (χ3v) is 9.76. The largest absolute Gasteiger partial charge is 0.366 e. The van der Waals surface area contributed by atoms with Gasteiger partial charge in [-0.2, -0.15) is 5.10 Å². The van der Waals surface area contributed by atoms with E-state index < -0.39 is 17.2 Å². The van der Waals surface area contributed by atoms with Crippen molar-refractivity contribution in [3.8, 4) is 16.8 Å². The summed E-state index contributed by atoms with van der Waals surface area (Å²) in [4.78, 5) is 38.0. The number of rotatable bonds is 4. The van der Waals surface area contributed by atoms with Crippen molar-refractivity contribution >= 4 is 39.1 Å². The number of aromatic nitrogens is 4. The minimum atomic E-state index is -0.840. The highest BCUT2D eigenvalue weighted by Gasteiger charge is 2.42. The minimum Gasteiger partial charge on any atom is -0.366 e. The minimum absolute atomic E-state index is 0.0191. The smallest absolute Gasteiger partial charge is 0.281 e. The van der Waals surface area contributed by atoms with Crippen LogP contribution in [0.4, 0.5) is 20.2 Å². The first-order valence-electron chi connectivity index (χ1n) is 15.8. The van der Waals surface area contributed by atoms with Crippen LogP contribution in [0, 0.1) is 25.5 Å². The van der Waals surface area contributed by atoms with Gasteiger partial charge in [-0.15, -0.1) is 0 Å². The van der Waals surface area contributed by atoms with Gasteiger partial charge in [-0.25, -0.2) is 8.78 Å². The quantitative estimate of drug-likeness (QED) is 0.244. The summed E-state index contributed by atoms with van der Waals surface area (Å²) in [5.74, 6) is -1.85. The predicted molar refractivity (Wildman–Crippen MR) is 182 cm³/mol. The maximum atomic E-state index is 17.7. The molecule has 0 spiro atoms. The van der Waals surface area contributed by atoms with E-state index in [4.69, 9.17) is 0 Å². The molecular weight excluding hydrogens is 600 g/mol. The zero-order valence-electron chi connectivity index (χ0n) is 27.4. The Morgan fingerprint density at radius 1 is 1.04 bits per heavy atom. The Hall–Kier alpha value is -5.06. The lowest BCUT2D eigenvalue weighted by Crippen LogP contribution is -2.64. The third-order valence-electron chi connectivity index (χ3n) is 9.76. The van der Waals surface area contributed by atoms with Crippen LogP contribution < -0.4 is 15.4 Å². The molecule has 5 aromatic rings. The summed E-state index contributed by atoms with van der Waals surface area (Å²) < 4.78 is 35.8. The van der Waals surface area contributed by atoms with E-state index in [0.717, 1.165) is 5.56 Å². The molecule has 2 unspecified atom stereocenters. The number of hydrogen-bond acceptors (Lipinski definition) is 6. The number of piperazine rings is 1. The monoisotopic (exact) mass is 637 g/mol. The number of benzene rings is 2. The van der Waals surface area contributed by atoms with Gasteiger partial charge in [0.1, 0.15) is 11.5 Å². The number of carbonyl (C=O) groups is 1. The number of nitrogens with one attached hydrogen (secondary N) is 1. The van der Waals surface area contributed by atoms with Gasteiger partial charge < -0.3 is 14.7 Å². The molecule has 5 heterocycles. The molecule has 47 heavy (non-hydrogen) atoms. The maximum absolute atomic E-state index is 17.7. The number of likely N-dealkylation sites (N-methyl/N-ethyl adjacent to an activating group) is 1. The second-order valence-electron chi connectivity index (χ2n) is 13.1. The molecule has 3 aromatic heterocycles. The molecule has 1 fully saturated rings. The summed E-state index contributed by atoms with van der Waals surface area (Å²) in [7, 11) is 1.81. The van der Waals surface area contributed by atoms with Crippen molar-refractivity contribution in [3.05, 3.63) is 88.1 Å². The van der Waals surface area contributed by atoms with Crippen molar-refractivity contribution in [2.45, 2.75) is 52.6 Å². The number of carbonyl (C=O) groups excluding carboxylic acids is 1. The van der Waals surface area contributed by atoms with Crippen LogP contribution in [0.25, 0.3) is 38.6 Å². The zero-order valence-corrected chi connectivity index (χ0v) is 27.4. The molecule has 0 bridgehead atoms. The highest BCUT2D eigenvalue weighted by Crippen LogP contribution is 2.45. The normalized spacial score (nSPS) is 17.9. The average Bonchev–Trinajstić information content (AvgIpc) is 3.51. The van der Waals surface area contributed by atoms with Gasteiger partial charge in [0.15, 0.2) is 5.82 Å². The Morgan fingerprint density at radius 3 is 2.53 bits per heavy atom. The fourth-order valence-corrected chi connectivity index (χ4v) is 7.56. The second-order valence-corrected chi connectivity index (χ2v) is 13.1. The van der Waals surface area contributed by atoms with Crippen molar-refractivity contribution in [1.29, 1.82) is 0 Å². The summed E-state index contributed by atoms with van der Waals surface area (Å²) in [5, 5.41) is 7.89. The van der Waals surface area contributed by atoms with E-state index in [9.17, 15) is 9.59 Å². The van der Waals surface area contributed by atoms with Gasteiger partial charge in [0.25, 0.3) is 5.56 Å². The van der Waals surface area contributed by atoms with Crippen LogP contribution in [0.3, 0.4) is 0 Å². The van der Waals surface area contributed by atoms with E-state index in [2.05, 4.69) is 26.7 Å². The molecular formula is C36H37F2N7O2. The Labute approximate surface area is 271 Å². The molecule has 0 radical (unpaired) electrons. The van der Waals surface area contributed by atoms with Crippen LogP contribution in [-0.2, 0) is 4.79 Å². The lowest BCUT2D eigenvalue weighted by molar-refractivity contribution is -0.128. The molecule has 2 aromatic carbocycles. The topological polar surface area (TPSA) is 90.4 Å². The number of halogens is 2. The summed E-state index contributed by atoms with van der Waals surface area (Å²) in [5.41, 5.74) is 3.70. The highest BCUT2D eigenvalue weighted by atomic mass is 19.1. The van der Waals surface area contributed by atoms with Gasteiger partial charge in [0.2, 0.25) is 5.91 Å². The van der Waals surface area contributed by atoms with Crippen molar-refractivity contribution in [1.82, 2.24) is 24.6 Å². The molecule has 1 saturated heterocycles. The standard InChI is InChI=1S/C36H37F2N7O2/c1-8-27(46)43-17-22-16-42(7)35-34(44(22)15-21(43)6)23-13-25(37)29(28-19(4)9-10-26-24(28)14-40-41-26)30(38)33(23)45(36(35)47)32-20(5)11-12-39-31(32)18(2)3/h8-14,18,21-22H,1,15-17H2,2-7H3,(H,40,41). The van der Waals surface area contributed by atoms with Crippen LogP contribution in [0.15, 0.2) is 54.1 Å². The number of anilines is 2. The lowest BCUT2D eigenvalue weighted by Gasteiger charge is -2.51. The molecule has 242 valence electrons. The molecule has 2 atom stereocenters. The highest BCUT2D eigenvalue weighted by molar-refractivity contribution is 6.05. The van der Waals surface area contributed by atoms with Gasteiger partial charge >= 0.3 is 0 Å². The van der Waals surface area contributed by atoms with Crippen LogP contribution >= 0.6 is 0 Å². The van der Waals surface area contributed by atoms with Crippen LogP contribution in [0.2, 0.25) is 0 Å². The Bertz CT molecular complexity index is 2190.